The summed E-state index contributed by atoms with van der Waals surface area (Å²) in [5.74, 6) is 0.547. The lowest BCUT2D eigenvalue weighted by Crippen LogP contribution is -2.18. The molecule has 32 heavy (non-hydrogen) atoms. The van der Waals surface area contributed by atoms with Gasteiger partial charge in [0.15, 0.2) is 0 Å². The minimum absolute atomic E-state index is 0.119. The number of carbonyl (C=O) groups is 1. The van der Waals surface area contributed by atoms with E-state index in [4.69, 9.17) is 5.10 Å². The van der Waals surface area contributed by atoms with Gasteiger partial charge < -0.3 is 5.32 Å². The van der Waals surface area contributed by atoms with Crippen LogP contribution in [0.25, 0.3) is 0 Å². The fraction of sp³-hybridized carbons (Fsp3) is 0.333. The Morgan fingerprint density at radius 1 is 1.00 bits per heavy atom. The number of rotatable bonds is 8. The Labute approximate surface area is 189 Å². The summed E-state index contributed by atoms with van der Waals surface area (Å²) in [6.07, 6.45) is 0.782. The maximum atomic E-state index is 12.7. The van der Waals surface area contributed by atoms with Gasteiger partial charge in [-0.05, 0) is 36.7 Å². The van der Waals surface area contributed by atoms with Crippen molar-refractivity contribution in [3.05, 3.63) is 77.5 Å². The molecule has 0 aliphatic rings. The second-order valence-corrected chi connectivity index (χ2v) is 10.6. The van der Waals surface area contributed by atoms with E-state index in [1.165, 1.54) is 7.05 Å². The summed E-state index contributed by atoms with van der Waals surface area (Å²) >= 11 is 0. The lowest BCUT2D eigenvalue weighted by molar-refractivity contribution is -0.116. The van der Waals surface area contributed by atoms with Crippen LogP contribution in [0.1, 0.15) is 44.0 Å². The third-order valence-corrected chi connectivity index (χ3v) is 6.56. The normalized spacial score (nSPS) is 12.0. The van der Waals surface area contributed by atoms with Crippen molar-refractivity contribution in [2.24, 2.45) is 0 Å². The Balaban J connectivity index is 1.69. The molecule has 0 fully saturated rings. The number of hydrogen-bond donors (Lipinski definition) is 2. The van der Waals surface area contributed by atoms with E-state index in [9.17, 15) is 13.2 Å². The molecule has 0 atom stereocenters. The average Bonchev–Trinajstić information content (AvgIpc) is 3.16. The van der Waals surface area contributed by atoms with Crippen molar-refractivity contribution < 1.29 is 13.2 Å². The van der Waals surface area contributed by atoms with E-state index in [0.29, 0.717) is 18.8 Å². The minimum atomic E-state index is -3.47. The van der Waals surface area contributed by atoms with Gasteiger partial charge >= 0.3 is 0 Å². The van der Waals surface area contributed by atoms with Gasteiger partial charge in [-0.1, -0.05) is 63.2 Å². The van der Waals surface area contributed by atoms with Crippen LogP contribution < -0.4 is 10.0 Å². The molecule has 3 rings (SSSR count). The number of aromatic nitrogens is 2. The van der Waals surface area contributed by atoms with Crippen molar-refractivity contribution in [2.75, 3.05) is 12.4 Å². The van der Waals surface area contributed by atoms with Crippen LogP contribution in [0.5, 0.6) is 0 Å². The molecule has 1 aromatic heterocycles. The number of hydrogen-bond acceptors (Lipinski definition) is 4. The SMILES string of the molecule is CNS(=O)(=O)c1ccc(CCC(=O)Nc2cc(C(C)(C)C)nn2Cc2ccccc2)cc1. The molecule has 0 aliphatic heterocycles. The van der Waals surface area contributed by atoms with Gasteiger partial charge in [-0.2, -0.15) is 5.10 Å². The first kappa shape index (κ1) is 23.7. The molecule has 8 heteroatoms. The second-order valence-electron chi connectivity index (χ2n) is 8.71. The smallest absolute Gasteiger partial charge is 0.240 e. The highest BCUT2D eigenvalue weighted by Crippen LogP contribution is 2.25. The fourth-order valence-corrected chi connectivity index (χ4v) is 3.91. The van der Waals surface area contributed by atoms with Gasteiger partial charge in [-0.25, -0.2) is 17.8 Å². The molecule has 7 nitrogen and oxygen atoms in total. The molecular formula is C24H30N4O3S. The molecular weight excluding hydrogens is 424 g/mol. The van der Waals surface area contributed by atoms with Gasteiger partial charge in [0.05, 0.1) is 17.1 Å². The third kappa shape index (κ3) is 6.05. The molecule has 0 radical (unpaired) electrons. The lowest BCUT2D eigenvalue weighted by atomic mass is 9.92. The summed E-state index contributed by atoms with van der Waals surface area (Å²) in [5.41, 5.74) is 2.76. The molecule has 0 saturated heterocycles. The van der Waals surface area contributed by atoms with Gasteiger partial charge in [0.25, 0.3) is 0 Å². The van der Waals surface area contributed by atoms with Gasteiger partial charge in [0.2, 0.25) is 15.9 Å². The zero-order valence-corrected chi connectivity index (χ0v) is 19.7. The standard InChI is InChI=1S/C24H30N4O3S/c1-24(2,3)21-16-22(28(27-21)17-19-8-6-5-7-9-19)26-23(29)15-12-18-10-13-20(14-11-18)32(30,31)25-4/h5-11,13-14,16,25H,12,15,17H2,1-4H3,(H,26,29). The van der Waals surface area contributed by atoms with E-state index in [1.54, 1.807) is 24.3 Å². The predicted molar refractivity (Wildman–Crippen MR) is 126 cm³/mol. The van der Waals surface area contributed by atoms with Crippen LogP contribution in [0, 0.1) is 0 Å². The van der Waals surface area contributed by atoms with Crippen molar-refractivity contribution in [3.8, 4) is 0 Å². The van der Waals surface area contributed by atoms with Crippen LogP contribution in [0.2, 0.25) is 0 Å². The highest BCUT2D eigenvalue weighted by molar-refractivity contribution is 7.89. The molecule has 0 bridgehead atoms. The maximum absolute atomic E-state index is 12.7. The number of sulfonamides is 1. The first-order chi connectivity index (χ1) is 15.1. The monoisotopic (exact) mass is 454 g/mol. The number of amides is 1. The Bertz CT molecular complexity index is 1160. The van der Waals surface area contributed by atoms with E-state index in [2.05, 4.69) is 30.8 Å². The number of carbonyl (C=O) groups excluding carboxylic acids is 1. The number of anilines is 1. The third-order valence-electron chi connectivity index (χ3n) is 5.13. The highest BCUT2D eigenvalue weighted by Gasteiger charge is 2.21. The van der Waals surface area contributed by atoms with Crippen LogP contribution in [-0.2, 0) is 33.2 Å². The molecule has 0 spiro atoms. The Morgan fingerprint density at radius 2 is 1.66 bits per heavy atom. The van der Waals surface area contributed by atoms with Crippen LogP contribution >= 0.6 is 0 Å². The Kier molecular flexibility index (Phi) is 7.16. The van der Waals surface area contributed by atoms with Gasteiger partial charge in [-0.15, -0.1) is 0 Å². The fourth-order valence-electron chi connectivity index (χ4n) is 3.18. The summed E-state index contributed by atoms with van der Waals surface area (Å²) in [5, 5.41) is 7.72. The van der Waals surface area contributed by atoms with Crippen LogP contribution in [-0.4, -0.2) is 31.2 Å². The quantitative estimate of drug-likeness (QED) is 0.543. The molecule has 2 N–H and O–H groups in total. The molecule has 2 aromatic carbocycles. The topological polar surface area (TPSA) is 93.1 Å². The first-order valence-electron chi connectivity index (χ1n) is 10.5. The van der Waals surface area contributed by atoms with Gasteiger partial charge in [0, 0.05) is 17.9 Å². The van der Waals surface area contributed by atoms with Crippen molar-refractivity contribution in [2.45, 2.75) is 50.5 Å². The van der Waals surface area contributed by atoms with Gasteiger partial charge in [-0.3, -0.25) is 4.79 Å². The molecule has 0 aliphatic carbocycles. The second kappa shape index (κ2) is 9.67. The summed E-state index contributed by atoms with van der Waals surface area (Å²) in [4.78, 5) is 12.9. The van der Waals surface area contributed by atoms with Crippen molar-refractivity contribution >= 4 is 21.7 Å². The van der Waals surface area contributed by atoms with Crippen molar-refractivity contribution in [3.63, 3.8) is 0 Å². The molecule has 170 valence electrons. The van der Waals surface area contributed by atoms with Gasteiger partial charge in [0.1, 0.15) is 5.82 Å². The summed E-state index contributed by atoms with van der Waals surface area (Å²) in [6.45, 7) is 6.83. The van der Waals surface area contributed by atoms with Crippen LogP contribution in [0.4, 0.5) is 5.82 Å². The Hall–Kier alpha value is -2.97. The Morgan fingerprint density at radius 3 is 2.25 bits per heavy atom. The van der Waals surface area contributed by atoms with E-state index >= 15 is 0 Å². The van der Waals surface area contributed by atoms with Crippen molar-refractivity contribution in [1.29, 1.82) is 0 Å². The predicted octanol–water partition coefficient (Wildman–Crippen LogP) is 3.71. The largest absolute Gasteiger partial charge is 0.311 e. The maximum Gasteiger partial charge on any atom is 0.240 e. The average molecular weight is 455 g/mol. The van der Waals surface area contributed by atoms with E-state index in [-0.39, 0.29) is 22.6 Å². The molecule has 0 unspecified atom stereocenters. The minimum Gasteiger partial charge on any atom is -0.311 e. The van der Waals surface area contributed by atoms with E-state index in [1.807, 2.05) is 41.1 Å². The first-order valence-corrected chi connectivity index (χ1v) is 12.0. The molecule has 1 amide bonds. The number of aryl methyl sites for hydroxylation is 1. The van der Waals surface area contributed by atoms with E-state index < -0.39 is 10.0 Å². The lowest BCUT2D eigenvalue weighted by Gasteiger charge is -2.14. The highest BCUT2D eigenvalue weighted by atomic mass is 32.2. The number of nitrogens with zero attached hydrogens (tertiary/aromatic N) is 2. The number of nitrogens with one attached hydrogen (secondary N) is 2. The zero-order chi connectivity index (χ0) is 23.4. The van der Waals surface area contributed by atoms with Crippen LogP contribution in [0.3, 0.4) is 0 Å². The summed E-state index contributed by atoms with van der Waals surface area (Å²) in [7, 11) is -2.09. The summed E-state index contributed by atoms with van der Waals surface area (Å²) < 4.78 is 27.8. The summed E-state index contributed by atoms with van der Waals surface area (Å²) in [6, 6.07) is 18.5. The van der Waals surface area contributed by atoms with Crippen molar-refractivity contribution in [1.82, 2.24) is 14.5 Å². The molecule has 0 saturated carbocycles. The zero-order valence-electron chi connectivity index (χ0n) is 18.9. The molecule has 1 heterocycles. The van der Waals surface area contributed by atoms with Crippen LogP contribution in [0.15, 0.2) is 65.6 Å². The van der Waals surface area contributed by atoms with E-state index in [0.717, 1.165) is 16.8 Å². The number of benzene rings is 2. The molecule has 3 aromatic rings.